The zero-order valence-electron chi connectivity index (χ0n) is 18.0. The topological polar surface area (TPSA) is 125 Å². The zero-order chi connectivity index (χ0) is 24.9. The van der Waals surface area contributed by atoms with Gasteiger partial charge in [-0.05, 0) is 54.6 Å². The minimum atomic E-state index is -0.599. The number of anilines is 1. The minimum Gasteiger partial charge on any atom is -0.497 e. The highest BCUT2D eigenvalue weighted by molar-refractivity contribution is 9.10. The third-order valence-corrected chi connectivity index (χ3v) is 5.57. The molecule has 4 rings (SSSR count). The highest BCUT2D eigenvalue weighted by Crippen LogP contribution is 2.21. The fourth-order valence-corrected chi connectivity index (χ4v) is 3.57. The van der Waals surface area contributed by atoms with Crippen LogP contribution < -0.4 is 15.7 Å². The van der Waals surface area contributed by atoms with Crippen LogP contribution in [0.1, 0.15) is 10.4 Å². The van der Waals surface area contributed by atoms with Crippen molar-refractivity contribution in [3.8, 4) is 17.2 Å². The number of nitro groups is 1. The molecule has 0 saturated heterocycles. The third-order valence-electron chi connectivity index (χ3n) is 4.73. The summed E-state index contributed by atoms with van der Waals surface area (Å²) in [5, 5.41) is 19.5. The van der Waals surface area contributed by atoms with Crippen LogP contribution in [-0.2, 0) is 0 Å². The van der Waals surface area contributed by atoms with E-state index in [9.17, 15) is 14.9 Å². The zero-order valence-corrected chi connectivity index (χ0v) is 20.4. The molecule has 0 fully saturated rings. The second-order valence-electron chi connectivity index (χ2n) is 7.00. The number of benzene rings is 3. The van der Waals surface area contributed by atoms with Crippen LogP contribution in [0.4, 0.5) is 11.4 Å². The summed E-state index contributed by atoms with van der Waals surface area (Å²) >= 11 is 8.84. The molecule has 0 radical (unpaired) electrons. The molecule has 3 aromatic carbocycles. The van der Waals surface area contributed by atoms with Crippen molar-refractivity contribution in [2.24, 2.45) is 5.10 Å². The SMILES string of the molecule is COc1ccc(NN=c2oc(-c3cccc(Br)c3)nn(C(=O)c3ccc([N+](=O)[O-])cc3)c2=S)cc1. The second-order valence-corrected chi connectivity index (χ2v) is 8.30. The summed E-state index contributed by atoms with van der Waals surface area (Å²) < 4.78 is 12.6. The first kappa shape index (κ1) is 24.0. The number of methoxy groups -OCH3 is 1. The lowest BCUT2D eigenvalue weighted by Crippen LogP contribution is -2.24. The normalized spacial score (nSPS) is 11.2. The standard InChI is InChI=1S/C23H16BrN5O5S/c1-33-19-11-7-17(8-12-19)25-26-21-23(35)28(22(30)14-5-9-18(10-6-14)29(31)32)27-20(34-21)15-3-2-4-16(24)13-15/h2-13,25H,1H3. The van der Waals surface area contributed by atoms with Gasteiger partial charge in [-0.25, -0.2) is 0 Å². The average Bonchev–Trinajstić information content (AvgIpc) is 2.88. The van der Waals surface area contributed by atoms with E-state index in [1.54, 1.807) is 49.6 Å². The molecule has 0 aliphatic heterocycles. The van der Waals surface area contributed by atoms with Gasteiger partial charge in [-0.2, -0.15) is 4.68 Å². The van der Waals surface area contributed by atoms with Gasteiger partial charge in [0.15, 0.2) is 4.64 Å². The number of carbonyl (C=O) groups excluding carboxylic acids is 1. The lowest BCUT2D eigenvalue weighted by Gasteiger charge is -2.08. The Bertz CT molecular complexity index is 1530. The van der Waals surface area contributed by atoms with Gasteiger partial charge in [0.25, 0.3) is 17.1 Å². The number of nitrogens with zero attached hydrogens (tertiary/aromatic N) is 4. The van der Waals surface area contributed by atoms with Gasteiger partial charge < -0.3 is 9.15 Å². The Balaban J connectivity index is 1.81. The molecule has 10 nitrogen and oxygen atoms in total. The summed E-state index contributed by atoms with van der Waals surface area (Å²) in [6, 6.07) is 19.3. The van der Waals surface area contributed by atoms with Gasteiger partial charge >= 0.3 is 0 Å². The smallest absolute Gasteiger partial charge is 0.279 e. The van der Waals surface area contributed by atoms with Gasteiger partial charge in [0.1, 0.15) is 5.75 Å². The number of halogens is 1. The van der Waals surface area contributed by atoms with Crippen LogP contribution >= 0.6 is 28.1 Å². The van der Waals surface area contributed by atoms with Gasteiger partial charge in [-0.1, -0.05) is 34.2 Å². The summed E-state index contributed by atoms with van der Waals surface area (Å²) in [5.41, 5.74) is 3.99. The van der Waals surface area contributed by atoms with Gasteiger partial charge in [-0.15, -0.1) is 10.2 Å². The first-order valence-corrected chi connectivity index (χ1v) is 11.2. The van der Waals surface area contributed by atoms with E-state index in [1.807, 2.05) is 6.07 Å². The number of carbonyl (C=O) groups is 1. The summed E-state index contributed by atoms with van der Waals surface area (Å²) in [4.78, 5) is 23.6. The van der Waals surface area contributed by atoms with Crippen molar-refractivity contribution in [3.63, 3.8) is 0 Å². The third kappa shape index (κ3) is 5.50. The quantitative estimate of drug-likeness (QED) is 0.197. The molecule has 0 atom stereocenters. The summed E-state index contributed by atoms with van der Waals surface area (Å²) in [6.07, 6.45) is 0. The predicted molar refractivity (Wildman–Crippen MR) is 133 cm³/mol. The number of hydrogen-bond acceptors (Lipinski definition) is 9. The Morgan fingerprint density at radius 1 is 1.17 bits per heavy atom. The minimum absolute atomic E-state index is 0.0592. The molecule has 35 heavy (non-hydrogen) atoms. The van der Waals surface area contributed by atoms with E-state index in [0.29, 0.717) is 17.0 Å². The van der Waals surface area contributed by atoms with E-state index in [2.05, 4.69) is 31.6 Å². The van der Waals surface area contributed by atoms with E-state index < -0.39 is 10.8 Å². The van der Waals surface area contributed by atoms with Crippen LogP contribution in [0, 0.1) is 14.8 Å². The molecule has 1 aromatic heterocycles. The van der Waals surface area contributed by atoms with Crippen molar-refractivity contribution < 1.29 is 18.9 Å². The van der Waals surface area contributed by atoms with E-state index in [4.69, 9.17) is 21.4 Å². The number of ether oxygens (including phenoxy) is 1. The van der Waals surface area contributed by atoms with E-state index >= 15 is 0 Å². The molecule has 12 heteroatoms. The molecular formula is C23H16BrN5O5S. The van der Waals surface area contributed by atoms with Gasteiger partial charge in [-0.3, -0.25) is 20.3 Å². The lowest BCUT2D eigenvalue weighted by atomic mass is 10.2. The highest BCUT2D eigenvalue weighted by Gasteiger charge is 2.17. The Hall–Kier alpha value is -4.16. The van der Waals surface area contributed by atoms with Crippen molar-refractivity contribution in [3.05, 3.63) is 103 Å². The predicted octanol–water partition coefficient (Wildman–Crippen LogP) is 5.17. The average molecular weight is 554 g/mol. The van der Waals surface area contributed by atoms with Crippen molar-refractivity contribution in [1.82, 2.24) is 9.78 Å². The fraction of sp³-hybridized carbons (Fsp3) is 0.0435. The van der Waals surface area contributed by atoms with Crippen molar-refractivity contribution >= 4 is 45.4 Å². The maximum absolute atomic E-state index is 13.2. The van der Waals surface area contributed by atoms with E-state index in [0.717, 1.165) is 9.15 Å². The molecule has 0 bridgehead atoms. The van der Waals surface area contributed by atoms with Crippen LogP contribution in [0.5, 0.6) is 5.75 Å². The van der Waals surface area contributed by atoms with Crippen molar-refractivity contribution in [2.75, 3.05) is 12.5 Å². The number of non-ortho nitro benzene ring substituents is 1. The number of aromatic nitrogens is 2. The molecule has 1 N–H and O–H groups in total. The summed E-state index contributed by atoms with van der Waals surface area (Å²) in [7, 11) is 1.57. The van der Waals surface area contributed by atoms with Crippen molar-refractivity contribution in [1.29, 1.82) is 0 Å². The van der Waals surface area contributed by atoms with Crippen LogP contribution in [0.15, 0.2) is 86.8 Å². The lowest BCUT2D eigenvalue weighted by molar-refractivity contribution is -0.384. The number of hydrogen-bond donors (Lipinski definition) is 1. The number of rotatable bonds is 6. The Labute approximate surface area is 211 Å². The van der Waals surface area contributed by atoms with E-state index in [-0.39, 0.29) is 27.3 Å². The summed E-state index contributed by atoms with van der Waals surface area (Å²) in [5.74, 6) is 0.167. The van der Waals surface area contributed by atoms with Gasteiger partial charge in [0.2, 0.25) is 5.89 Å². The molecule has 0 unspecified atom stereocenters. The Morgan fingerprint density at radius 3 is 2.51 bits per heavy atom. The number of nitro benzene ring substituents is 1. The molecular weight excluding hydrogens is 538 g/mol. The summed E-state index contributed by atoms with van der Waals surface area (Å²) in [6.45, 7) is 0. The molecule has 1 heterocycles. The van der Waals surface area contributed by atoms with Crippen molar-refractivity contribution in [2.45, 2.75) is 0 Å². The van der Waals surface area contributed by atoms with Gasteiger partial charge in [0, 0.05) is 27.7 Å². The molecule has 0 aliphatic rings. The van der Waals surface area contributed by atoms with Crippen LogP contribution in [0.3, 0.4) is 0 Å². The maximum Gasteiger partial charge on any atom is 0.279 e. The van der Waals surface area contributed by atoms with Crippen LogP contribution in [-0.4, -0.2) is 27.7 Å². The second kappa shape index (κ2) is 10.4. The maximum atomic E-state index is 13.2. The van der Waals surface area contributed by atoms with Crippen LogP contribution in [0.2, 0.25) is 0 Å². The molecule has 176 valence electrons. The van der Waals surface area contributed by atoms with E-state index in [1.165, 1.54) is 24.3 Å². The highest BCUT2D eigenvalue weighted by atomic mass is 79.9. The van der Waals surface area contributed by atoms with Crippen LogP contribution in [0.25, 0.3) is 11.5 Å². The molecule has 0 saturated carbocycles. The van der Waals surface area contributed by atoms with Gasteiger partial charge in [0.05, 0.1) is 17.7 Å². The monoisotopic (exact) mass is 553 g/mol. The Morgan fingerprint density at radius 2 is 1.89 bits per heavy atom. The molecule has 0 amide bonds. The Kier molecular flexibility index (Phi) is 7.13. The number of nitrogens with one attached hydrogen (secondary N) is 1. The molecule has 4 aromatic rings. The fourth-order valence-electron chi connectivity index (χ4n) is 2.96. The first-order chi connectivity index (χ1) is 16.9. The molecule has 0 aliphatic carbocycles. The first-order valence-electron chi connectivity index (χ1n) is 9.99. The molecule has 0 spiro atoms. The largest absolute Gasteiger partial charge is 0.497 e.